The van der Waals surface area contributed by atoms with E-state index in [0.29, 0.717) is 58.9 Å². The van der Waals surface area contributed by atoms with Gasteiger partial charge in [0.25, 0.3) is 0 Å². The summed E-state index contributed by atoms with van der Waals surface area (Å²) in [5, 5.41) is 13.3. The fourth-order valence-electron chi connectivity index (χ4n) is 5.37. The molecule has 0 radical (unpaired) electrons. The van der Waals surface area contributed by atoms with Crippen LogP contribution in [0, 0.1) is 49.6 Å². The normalized spacial score (nSPS) is 9.96. The topological polar surface area (TPSA) is 287 Å². The second-order valence-corrected chi connectivity index (χ2v) is 15.8. The molecule has 0 atom stereocenters. The van der Waals surface area contributed by atoms with E-state index in [1.54, 1.807) is 81.2 Å². The summed E-state index contributed by atoms with van der Waals surface area (Å²) in [6.07, 6.45) is 13.6. The van der Waals surface area contributed by atoms with Crippen molar-refractivity contribution in [2.24, 2.45) is 0 Å². The van der Waals surface area contributed by atoms with Crippen LogP contribution >= 0.6 is 0 Å². The third kappa shape index (κ3) is 22.6. The van der Waals surface area contributed by atoms with Crippen LogP contribution in [0.1, 0.15) is 52.7 Å². The summed E-state index contributed by atoms with van der Waals surface area (Å²) in [7, 11) is 3.10. The molecule has 0 saturated carbocycles. The summed E-state index contributed by atoms with van der Waals surface area (Å²) >= 11 is 0.722. The van der Waals surface area contributed by atoms with Gasteiger partial charge in [-0.15, -0.1) is 0 Å². The van der Waals surface area contributed by atoms with Gasteiger partial charge in [0.15, 0.2) is 42.6 Å². The first kappa shape index (κ1) is 57.1. The zero-order valence-electron chi connectivity index (χ0n) is 39.9. The molecule has 6 rings (SSSR count). The van der Waals surface area contributed by atoms with Crippen molar-refractivity contribution in [1.29, 1.82) is 0 Å². The first-order chi connectivity index (χ1) is 34.0. The van der Waals surface area contributed by atoms with Gasteiger partial charge in [0, 0.05) is 30.9 Å². The van der Waals surface area contributed by atoms with Crippen molar-refractivity contribution in [2.45, 2.75) is 65.8 Å². The van der Waals surface area contributed by atoms with Gasteiger partial charge in [-0.05, 0) is 101 Å². The molecule has 2 heterocycles. The predicted octanol–water partition coefficient (Wildman–Crippen LogP) is 8.52. The monoisotopic (exact) mass is 1180 g/mol. The van der Waals surface area contributed by atoms with Gasteiger partial charge in [0.05, 0.1) is 54.8 Å². The van der Waals surface area contributed by atoms with E-state index in [2.05, 4.69) is 60.2 Å². The van der Waals surface area contributed by atoms with E-state index in [1.165, 1.54) is 12.8 Å². The summed E-state index contributed by atoms with van der Waals surface area (Å²) in [5.74, 6) is 2.35. The Morgan fingerprint density at radius 3 is 1.44 bits per heavy atom. The van der Waals surface area contributed by atoms with Crippen molar-refractivity contribution in [2.75, 3.05) is 36.4 Å². The number of nitrogens with zero attached hydrogens (tertiary/aromatic N) is 2. The van der Waals surface area contributed by atoms with Crippen molar-refractivity contribution >= 4 is 34.9 Å². The van der Waals surface area contributed by atoms with Crippen molar-refractivity contribution in [3.63, 3.8) is 0 Å². The number of nitrogens with one attached hydrogen (secondary N) is 5. The van der Waals surface area contributed by atoms with E-state index in [9.17, 15) is 9.59 Å². The van der Waals surface area contributed by atoms with Crippen LogP contribution in [0.3, 0.4) is 0 Å². The van der Waals surface area contributed by atoms with E-state index >= 15 is 0 Å². The zero-order chi connectivity index (χ0) is 52.1. The number of hydrogen-bond donors (Lipinski definition) is 8. The summed E-state index contributed by atoms with van der Waals surface area (Å²) in [5.41, 5.74) is 18.4. The minimum absolute atomic E-state index is 0.307. The van der Waals surface area contributed by atoms with Gasteiger partial charge in [0.2, 0.25) is 6.11 Å². The van der Waals surface area contributed by atoms with Crippen LogP contribution in [-0.4, -0.2) is 56.0 Å². The number of nitrogens with two attached hydrogens (primary N) is 1. The Morgan fingerprint density at radius 1 is 0.620 bits per heavy atom. The zero-order valence-corrected chi connectivity index (χ0v) is 42.9. The van der Waals surface area contributed by atoms with Gasteiger partial charge in [0.1, 0.15) is 22.7 Å². The molecule has 6 aromatic rings. The molecule has 0 bridgehead atoms. The van der Waals surface area contributed by atoms with Gasteiger partial charge in [-0.25, -0.2) is 36.0 Å². The van der Waals surface area contributed by atoms with Crippen LogP contribution in [0.25, 0.3) is 22.6 Å². The van der Waals surface area contributed by atoms with Crippen molar-refractivity contribution in [3.8, 4) is 58.6 Å². The predicted molar refractivity (Wildman–Crippen MR) is 256 cm³/mol. The fraction of sp³-hybridized carbons (Fsp3) is 0.250. The van der Waals surface area contributed by atoms with Gasteiger partial charge in [-0.3, -0.25) is 4.89 Å². The number of benzene rings is 4. The molecule has 0 saturated heterocycles. The van der Waals surface area contributed by atoms with E-state index < -0.39 is 23.4 Å². The fourth-order valence-corrected chi connectivity index (χ4v) is 5.37. The molecule has 2 amide bonds. The number of ether oxygens (including phenoxy) is 4. The maximum absolute atomic E-state index is 11.8. The van der Waals surface area contributed by atoms with Crippen molar-refractivity contribution in [1.82, 2.24) is 20.6 Å². The summed E-state index contributed by atoms with van der Waals surface area (Å²) in [4.78, 5) is 49.3. The third-order valence-electron chi connectivity index (χ3n) is 8.14. The first-order valence-corrected chi connectivity index (χ1v) is 22.1. The summed E-state index contributed by atoms with van der Waals surface area (Å²) < 4.78 is 38.5. The van der Waals surface area contributed by atoms with E-state index in [4.69, 9.17) is 56.5 Å². The number of hydrogen-bond acceptors (Lipinski definition) is 20. The molecule has 0 unspecified atom stereocenters. The Balaban J connectivity index is 0.000000303. The summed E-state index contributed by atoms with van der Waals surface area (Å²) in [6, 6.07) is 25.2. The molecule has 0 aliphatic heterocycles. The standard InChI is InChI=1S/C24H26N4O6.C12H10N2O5.C12H18N2O2.AtHO/c1-24(2,3)34-23(29)26-14-17-6-5-7-18(12-17)27-32-10-11-33-28-19-8-9-20(21(13-19)30-4)22-15-25-16-31-22;1-16-11-6-9(14-18-4-5-19-15)2-3-10(11)12-7-13-8-17-12;1-12(2,3)16-11(15)14-8-9-5-4-6-10(13)7-9;1-2/h5-9,12-13,15-16,27-28H,14H2,1-4H3,(H,26,29);2-3,6-8,14-15H,1H3;4-7H,8,13H2,1-3H3,(H,14,15);2H. The van der Waals surface area contributed by atoms with Crippen LogP contribution in [0.2, 0.25) is 0 Å². The third-order valence-corrected chi connectivity index (χ3v) is 8.14. The van der Waals surface area contributed by atoms with E-state index in [0.717, 1.165) is 47.4 Å². The van der Waals surface area contributed by atoms with E-state index in [-0.39, 0.29) is 0 Å². The maximum atomic E-state index is 11.8. The quantitative estimate of drug-likeness (QED) is 0.0219. The number of methoxy groups -OCH3 is 2. The van der Waals surface area contributed by atoms with Gasteiger partial charge < -0.3 is 58.7 Å². The Bertz CT molecular complexity index is 2650. The molecule has 0 spiro atoms. The number of rotatable bonds is 14. The van der Waals surface area contributed by atoms with Crippen molar-refractivity contribution in [3.05, 3.63) is 121 Å². The molecule has 22 nitrogen and oxygen atoms in total. The number of alkyl carbamates (subject to hydrolysis) is 2. The average Bonchev–Trinajstić information content (AvgIpc) is 4.09. The van der Waals surface area contributed by atoms with E-state index in [1.807, 2.05) is 78.0 Å². The van der Waals surface area contributed by atoms with Gasteiger partial charge >= 0.3 is 40.5 Å². The first-order valence-electron chi connectivity index (χ1n) is 20.8. The van der Waals surface area contributed by atoms with Crippen LogP contribution < -0.4 is 42.3 Å². The average molecular weight is 1180 g/mol. The molecule has 9 N–H and O–H groups in total. The Kier molecular flexibility index (Phi) is 24.4. The van der Waals surface area contributed by atoms with Crippen LogP contribution in [-0.2, 0) is 42.0 Å². The number of oxazole rings is 2. The van der Waals surface area contributed by atoms with Gasteiger partial charge in [-0.1, -0.05) is 24.3 Å². The molecule has 71 heavy (non-hydrogen) atoms. The number of carbonyl (C=O) groups excluding carboxylic acids is 2. The van der Waals surface area contributed by atoms with Crippen LogP contribution in [0.4, 0.5) is 32.3 Å². The number of amides is 2. The number of nitrogen functional groups attached to an aromatic ring is 1. The Morgan fingerprint density at radius 2 is 1.04 bits per heavy atom. The van der Waals surface area contributed by atoms with Crippen molar-refractivity contribution < 1.29 is 90.4 Å². The van der Waals surface area contributed by atoms with Crippen LogP contribution in [0.15, 0.2) is 119 Å². The van der Waals surface area contributed by atoms with Crippen LogP contribution in [0.5, 0.6) is 11.5 Å². The molecule has 23 heteroatoms. The molecule has 0 aliphatic rings. The molecular weight excluding hydrogens is 1120 g/mol. The van der Waals surface area contributed by atoms with Gasteiger partial charge in [-0.2, -0.15) is 5.26 Å². The summed E-state index contributed by atoms with van der Waals surface area (Å²) in [6.45, 7) is 11.6. The minimum atomic E-state index is -0.551. The number of carbonyl (C=O) groups is 2. The number of anilines is 4. The molecule has 378 valence electrons. The molecule has 2 aromatic heterocycles. The molecule has 0 fully saturated rings. The molecule has 0 aliphatic carbocycles. The SMILES string of the molecule is CC(C)(C)OC(=O)NCc1cccc(N)c1.COc1cc(NOC#CONc2cccc(CNC(=O)OC(C)(C)C)c2)ccc1-c1cnco1.COc1cc(NOC#COO)ccc1-c1cnco1.O[At]. The molecule has 4 aromatic carbocycles. The molecular formula is C48H55AtN8O14. The Hall–Kier alpha value is -8.24. The Labute approximate surface area is 426 Å². The number of aromatic nitrogens is 2. The second kappa shape index (κ2) is 30.3. The second-order valence-electron chi connectivity index (χ2n) is 15.8.